The molecule has 0 rings (SSSR count). The van der Waals surface area contributed by atoms with E-state index in [4.69, 9.17) is 0 Å². The highest BCUT2D eigenvalue weighted by atomic mass is 16.6. The fraction of sp³-hybridized carbons (Fsp3) is 0.400. The summed E-state index contributed by atoms with van der Waals surface area (Å²) >= 11 is 0. The lowest BCUT2D eigenvalue weighted by Crippen LogP contribution is -2.37. The molecule has 4 heteroatoms. The Kier molecular flexibility index (Phi) is 4.24. The molecular weight excluding hydrogens is 184 g/mol. The zero-order chi connectivity index (χ0) is 11.4. The van der Waals surface area contributed by atoms with Crippen LogP contribution in [-0.2, 0) is 14.3 Å². The molecule has 14 heavy (non-hydrogen) atoms. The van der Waals surface area contributed by atoms with E-state index in [0.717, 1.165) is 0 Å². The van der Waals surface area contributed by atoms with Crippen molar-refractivity contribution >= 4 is 11.9 Å². The highest BCUT2D eigenvalue weighted by Gasteiger charge is 2.32. The Morgan fingerprint density at radius 2 is 2.07 bits per heavy atom. The molecule has 0 aromatic rings. The van der Waals surface area contributed by atoms with Gasteiger partial charge in [-0.1, -0.05) is 12.7 Å². The maximum atomic E-state index is 11.2. The van der Waals surface area contributed by atoms with E-state index >= 15 is 0 Å². The highest BCUT2D eigenvalue weighted by molar-refractivity contribution is 5.97. The molecule has 0 radical (unpaired) electrons. The quantitative estimate of drug-likeness (QED) is 0.316. The minimum Gasteiger partial charge on any atom is -0.388 e. The molecule has 0 aliphatic rings. The van der Waals surface area contributed by atoms with Gasteiger partial charge in [-0.25, -0.2) is 9.59 Å². The van der Waals surface area contributed by atoms with Crippen molar-refractivity contribution < 1.29 is 19.4 Å². The van der Waals surface area contributed by atoms with Crippen LogP contribution in [0, 0.1) is 0 Å². The molecule has 0 aliphatic heterocycles. The van der Waals surface area contributed by atoms with E-state index in [2.05, 4.69) is 17.9 Å². The van der Waals surface area contributed by atoms with Crippen molar-refractivity contribution in [2.75, 3.05) is 0 Å². The molecule has 1 atom stereocenters. The summed E-state index contributed by atoms with van der Waals surface area (Å²) in [4.78, 5) is 22.1. The lowest BCUT2D eigenvalue weighted by atomic mass is 10.0. The number of hydrogen-bond acceptors (Lipinski definition) is 4. The first kappa shape index (κ1) is 12.6. The molecular formula is C10H14O4. The SMILES string of the molecule is C=CCC(C)(O)C(=O)OC(=O)C(=C)C. The zero-order valence-electron chi connectivity index (χ0n) is 8.37. The Morgan fingerprint density at radius 3 is 2.43 bits per heavy atom. The summed E-state index contributed by atoms with van der Waals surface area (Å²) in [6.07, 6.45) is 1.39. The summed E-state index contributed by atoms with van der Waals surface area (Å²) in [6, 6.07) is 0. The summed E-state index contributed by atoms with van der Waals surface area (Å²) in [7, 11) is 0. The maximum absolute atomic E-state index is 11.2. The molecule has 78 valence electrons. The lowest BCUT2D eigenvalue weighted by Gasteiger charge is -2.18. The van der Waals surface area contributed by atoms with E-state index in [1.54, 1.807) is 0 Å². The second kappa shape index (κ2) is 4.72. The molecule has 0 aromatic carbocycles. The van der Waals surface area contributed by atoms with Crippen molar-refractivity contribution in [2.45, 2.75) is 25.9 Å². The van der Waals surface area contributed by atoms with Crippen LogP contribution in [0.2, 0.25) is 0 Å². The first-order valence-corrected chi connectivity index (χ1v) is 4.06. The Hall–Kier alpha value is -1.42. The first-order chi connectivity index (χ1) is 6.31. The van der Waals surface area contributed by atoms with Gasteiger partial charge in [-0.05, 0) is 13.8 Å². The third kappa shape index (κ3) is 3.53. The van der Waals surface area contributed by atoms with Crippen molar-refractivity contribution in [3.05, 3.63) is 24.8 Å². The van der Waals surface area contributed by atoms with E-state index < -0.39 is 17.5 Å². The summed E-state index contributed by atoms with van der Waals surface area (Å²) in [5.41, 5.74) is -1.61. The fourth-order valence-electron chi connectivity index (χ4n) is 0.646. The fourth-order valence-corrected chi connectivity index (χ4v) is 0.646. The Bertz CT molecular complexity index is 276. The maximum Gasteiger partial charge on any atom is 0.346 e. The third-order valence-electron chi connectivity index (χ3n) is 1.52. The van der Waals surface area contributed by atoms with Gasteiger partial charge in [0, 0.05) is 12.0 Å². The molecule has 0 spiro atoms. The largest absolute Gasteiger partial charge is 0.388 e. The van der Waals surface area contributed by atoms with Gasteiger partial charge in [0.15, 0.2) is 5.60 Å². The van der Waals surface area contributed by atoms with Crippen LogP contribution >= 0.6 is 0 Å². The van der Waals surface area contributed by atoms with Gasteiger partial charge in [-0.2, -0.15) is 0 Å². The van der Waals surface area contributed by atoms with Crippen LogP contribution in [0.25, 0.3) is 0 Å². The predicted molar refractivity (Wildman–Crippen MR) is 51.4 cm³/mol. The lowest BCUT2D eigenvalue weighted by molar-refractivity contribution is -0.170. The minimum absolute atomic E-state index is 0.0231. The Labute approximate surface area is 82.9 Å². The van der Waals surface area contributed by atoms with Crippen LogP contribution in [-0.4, -0.2) is 22.6 Å². The van der Waals surface area contributed by atoms with Gasteiger partial charge >= 0.3 is 11.9 Å². The van der Waals surface area contributed by atoms with Crippen molar-refractivity contribution in [1.82, 2.24) is 0 Å². The zero-order valence-corrected chi connectivity index (χ0v) is 8.37. The van der Waals surface area contributed by atoms with E-state index in [9.17, 15) is 14.7 Å². The van der Waals surface area contributed by atoms with Crippen molar-refractivity contribution in [3.8, 4) is 0 Å². The summed E-state index contributed by atoms with van der Waals surface area (Å²) in [6.45, 7) is 9.35. The van der Waals surface area contributed by atoms with Gasteiger partial charge < -0.3 is 9.84 Å². The van der Waals surface area contributed by atoms with Crippen LogP contribution in [0.15, 0.2) is 24.8 Å². The van der Waals surface area contributed by atoms with Crippen molar-refractivity contribution in [1.29, 1.82) is 0 Å². The van der Waals surface area contributed by atoms with Gasteiger partial charge in [0.25, 0.3) is 0 Å². The van der Waals surface area contributed by atoms with Gasteiger partial charge in [0.1, 0.15) is 0 Å². The molecule has 0 saturated carbocycles. The van der Waals surface area contributed by atoms with Crippen LogP contribution in [0.5, 0.6) is 0 Å². The van der Waals surface area contributed by atoms with Crippen LogP contribution in [0.1, 0.15) is 20.3 Å². The second-order valence-corrected chi connectivity index (χ2v) is 3.22. The Balaban J connectivity index is 4.41. The van der Waals surface area contributed by atoms with Gasteiger partial charge in [-0.3, -0.25) is 0 Å². The molecule has 1 N–H and O–H groups in total. The number of ether oxygens (including phenoxy) is 1. The number of esters is 2. The van der Waals surface area contributed by atoms with Gasteiger partial charge in [-0.15, -0.1) is 6.58 Å². The molecule has 0 aliphatic carbocycles. The van der Waals surface area contributed by atoms with E-state index in [0.29, 0.717) is 0 Å². The predicted octanol–water partition coefficient (Wildman–Crippen LogP) is 0.959. The van der Waals surface area contributed by atoms with E-state index in [-0.39, 0.29) is 12.0 Å². The number of aliphatic hydroxyl groups is 1. The average molecular weight is 198 g/mol. The van der Waals surface area contributed by atoms with Crippen LogP contribution < -0.4 is 0 Å². The van der Waals surface area contributed by atoms with Gasteiger partial charge in [0.05, 0.1) is 0 Å². The Morgan fingerprint density at radius 1 is 1.57 bits per heavy atom. The number of hydrogen-bond donors (Lipinski definition) is 1. The normalized spacial score (nSPS) is 13.9. The molecule has 1 unspecified atom stereocenters. The highest BCUT2D eigenvalue weighted by Crippen LogP contribution is 2.12. The van der Waals surface area contributed by atoms with Crippen LogP contribution in [0.4, 0.5) is 0 Å². The molecule has 0 amide bonds. The summed E-state index contributed by atoms with van der Waals surface area (Å²) < 4.78 is 4.35. The molecule has 0 saturated heterocycles. The summed E-state index contributed by atoms with van der Waals surface area (Å²) in [5, 5.41) is 9.49. The average Bonchev–Trinajstić information content (AvgIpc) is 2.03. The van der Waals surface area contributed by atoms with E-state index in [1.807, 2.05) is 0 Å². The molecule has 0 bridgehead atoms. The van der Waals surface area contributed by atoms with E-state index in [1.165, 1.54) is 19.9 Å². The van der Waals surface area contributed by atoms with Gasteiger partial charge in [0.2, 0.25) is 0 Å². The first-order valence-electron chi connectivity index (χ1n) is 4.06. The third-order valence-corrected chi connectivity index (χ3v) is 1.52. The summed E-state index contributed by atoms with van der Waals surface area (Å²) in [5.74, 6) is -1.83. The smallest absolute Gasteiger partial charge is 0.346 e. The number of carbonyl (C=O) groups is 2. The molecule has 0 heterocycles. The molecule has 0 aromatic heterocycles. The second-order valence-electron chi connectivity index (χ2n) is 3.22. The minimum atomic E-state index is -1.72. The monoisotopic (exact) mass is 198 g/mol. The topological polar surface area (TPSA) is 63.6 Å². The molecule has 0 fully saturated rings. The number of carbonyl (C=O) groups excluding carboxylic acids is 2. The van der Waals surface area contributed by atoms with Crippen LogP contribution in [0.3, 0.4) is 0 Å². The van der Waals surface area contributed by atoms with Crippen molar-refractivity contribution in [2.24, 2.45) is 0 Å². The molecule has 4 nitrogen and oxygen atoms in total. The van der Waals surface area contributed by atoms with Crippen molar-refractivity contribution in [3.63, 3.8) is 0 Å². The number of rotatable bonds is 4. The standard InChI is InChI=1S/C10H14O4/c1-5-6-10(4,13)9(12)14-8(11)7(2)3/h5,13H,1-2,6H2,3-4H3.